The number of hydrogen-bond acceptors (Lipinski definition) is 0. The van der Waals surface area contributed by atoms with Gasteiger partial charge in [0.1, 0.15) is 0 Å². The molecule has 0 N–H and O–H groups in total. The van der Waals surface area contributed by atoms with E-state index in [1.165, 1.54) is 22.3 Å². The van der Waals surface area contributed by atoms with Gasteiger partial charge in [-0.15, -0.1) is 11.6 Å². The first-order valence-corrected chi connectivity index (χ1v) is 7.33. The average Bonchev–Trinajstić information content (AvgIpc) is 2.42. The molecule has 0 saturated heterocycles. The van der Waals surface area contributed by atoms with Crippen LogP contribution in [0.25, 0.3) is 0 Å². The van der Waals surface area contributed by atoms with Crippen LogP contribution < -0.4 is 0 Å². The quantitative estimate of drug-likeness (QED) is 0.666. The highest BCUT2D eigenvalue weighted by Gasteiger charge is 2.08. The molecule has 0 aromatic heterocycles. The summed E-state index contributed by atoms with van der Waals surface area (Å²) < 4.78 is 0. The zero-order valence-corrected chi connectivity index (χ0v) is 12.5. The van der Waals surface area contributed by atoms with Crippen LogP contribution in [0.15, 0.2) is 48.5 Å². The molecule has 0 bridgehead atoms. The van der Waals surface area contributed by atoms with Crippen molar-refractivity contribution >= 4 is 11.6 Å². The van der Waals surface area contributed by atoms with Gasteiger partial charge in [-0.25, -0.2) is 0 Å². The van der Waals surface area contributed by atoms with Crippen LogP contribution in [0.2, 0.25) is 0 Å². The number of benzene rings is 2. The molecule has 2 aromatic carbocycles. The third-order valence-corrected chi connectivity index (χ3v) is 3.91. The van der Waals surface area contributed by atoms with E-state index in [0.717, 1.165) is 19.3 Å². The van der Waals surface area contributed by atoms with Crippen molar-refractivity contribution < 1.29 is 0 Å². The maximum absolute atomic E-state index is 6.49. The first-order chi connectivity index (χ1) is 9.15. The molecule has 0 spiro atoms. The summed E-state index contributed by atoms with van der Waals surface area (Å²) in [4.78, 5) is 0. The van der Waals surface area contributed by atoms with Gasteiger partial charge in [0.2, 0.25) is 0 Å². The maximum atomic E-state index is 6.49. The maximum Gasteiger partial charge on any atom is 0.0379 e. The van der Waals surface area contributed by atoms with Crippen molar-refractivity contribution in [2.24, 2.45) is 0 Å². The van der Waals surface area contributed by atoms with Crippen molar-refractivity contribution in [3.05, 3.63) is 70.8 Å². The standard InChI is InChI=1S/C18H21Cl/c1-14-8-9-15(2)17(12-14)13-18(19)11-10-16-6-4-3-5-7-16/h3-9,12,18H,10-11,13H2,1-2H3. The van der Waals surface area contributed by atoms with Crippen LogP contribution in [-0.4, -0.2) is 5.38 Å². The van der Waals surface area contributed by atoms with Crippen LogP contribution in [0.5, 0.6) is 0 Å². The summed E-state index contributed by atoms with van der Waals surface area (Å²) in [6.07, 6.45) is 3.04. The van der Waals surface area contributed by atoms with E-state index >= 15 is 0 Å². The minimum Gasteiger partial charge on any atom is -0.123 e. The molecule has 1 atom stereocenters. The first kappa shape index (κ1) is 14.1. The summed E-state index contributed by atoms with van der Waals surface area (Å²) in [7, 11) is 0. The van der Waals surface area contributed by atoms with E-state index in [1.807, 2.05) is 0 Å². The van der Waals surface area contributed by atoms with Crippen LogP contribution in [0.1, 0.15) is 28.7 Å². The van der Waals surface area contributed by atoms with E-state index < -0.39 is 0 Å². The molecular formula is C18H21Cl. The molecule has 0 amide bonds. The zero-order valence-electron chi connectivity index (χ0n) is 11.7. The van der Waals surface area contributed by atoms with Gasteiger partial charge in [-0.1, -0.05) is 54.1 Å². The average molecular weight is 273 g/mol. The number of alkyl halides is 1. The molecule has 0 saturated carbocycles. The lowest BCUT2D eigenvalue weighted by molar-refractivity contribution is 0.741. The minimum atomic E-state index is 0.209. The smallest absolute Gasteiger partial charge is 0.0379 e. The molecule has 1 unspecified atom stereocenters. The highest BCUT2D eigenvalue weighted by molar-refractivity contribution is 6.20. The van der Waals surface area contributed by atoms with E-state index in [9.17, 15) is 0 Å². The van der Waals surface area contributed by atoms with Crippen molar-refractivity contribution in [2.45, 2.75) is 38.5 Å². The third-order valence-electron chi connectivity index (χ3n) is 3.54. The Morgan fingerprint density at radius 1 is 1.00 bits per heavy atom. The predicted octanol–water partition coefficient (Wildman–Crippen LogP) is 5.09. The molecule has 0 aliphatic carbocycles. The molecule has 1 heteroatoms. The number of halogens is 1. The molecule has 0 aliphatic heterocycles. The van der Waals surface area contributed by atoms with Crippen LogP contribution in [0.4, 0.5) is 0 Å². The molecule has 0 nitrogen and oxygen atoms in total. The summed E-state index contributed by atoms with van der Waals surface area (Å²) in [5.74, 6) is 0. The van der Waals surface area contributed by atoms with Crippen molar-refractivity contribution in [3.63, 3.8) is 0 Å². The van der Waals surface area contributed by atoms with Crippen LogP contribution >= 0.6 is 11.6 Å². The fraction of sp³-hybridized carbons (Fsp3) is 0.333. The Balaban J connectivity index is 1.90. The predicted molar refractivity (Wildman–Crippen MR) is 84.0 cm³/mol. The fourth-order valence-corrected chi connectivity index (χ4v) is 2.60. The van der Waals surface area contributed by atoms with Gasteiger partial charge in [0.05, 0.1) is 0 Å². The molecule has 0 radical (unpaired) electrons. The highest BCUT2D eigenvalue weighted by atomic mass is 35.5. The zero-order chi connectivity index (χ0) is 13.7. The lowest BCUT2D eigenvalue weighted by Crippen LogP contribution is -2.06. The second-order valence-electron chi connectivity index (χ2n) is 5.26. The number of rotatable bonds is 5. The molecule has 100 valence electrons. The summed E-state index contributed by atoms with van der Waals surface area (Å²) in [6, 6.07) is 17.2. The molecule has 19 heavy (non-hydrogen) atoms. The van der Waals surface area contributed by atoms with E-state index in [1.54, 1.807) is 0 Å². The molecule has 2 aromatic rings. The Kier molecular flexibility index (Phi) is 5.04. The Hall–Kier alpha value is -1.27. The van der Waals surface area contributed by atoms with Crippen LogP contribution in [0, 0.1) is 13.8 Å². The van der Waals surface area contributed by atoms with E-state index in [-0.39, 0.29) is 5.38 Å². The summed E-state index contributed by atoms with van der Waals surface area (Å²) in [5, 5.41) is 0.209. The van der Waals surface area contributed by atoms with Gasteiger partial charge in [0.15, 0.2) is 0 Å². The normalized spacial score (nSPS) is 12.4. The van der Waals surface area contributed by atoms with Crippen molar-refractivity contribution in [1.29, 1.82) is 0 Å². The Labute approximate surface area is 121 Å². The summed E-state index contributed by atoms with van der Waals surface area (Å²) in [6.45, 7) is 4.30. The number of hydrogen-bond donors (Lipinski definition) is 0. The third kappa shape index (κ3) is 4.40. The van der Waals surface area contributed by atoms with Crippen molar-refractivity contribution in [2.75, 3.05) is 0 Å². The monoisotopic (exact) mass is 272 g/mol. The molecule has 0 heterocycles. The Morgan fingerprint density at radius 3 is 2.47 bits per heavy atom. The van der Waals surface area contributed by atoms with Crippen molar-refractivity contribution in [1.82, 2.24) is 0 Å². The molecule has 2 rings (SSSR count). The van der Waals surface area contributed by atoms with Gasteiger partial charge in [-0.2, -0.15) is 0 Å². The van der Waals surface area contributed by atoms with Crippen molar-refractivity contribution in [3.8, 4) is 0 Å². The molecule has 0 aliphatic rings. The first-order valence-electron chi connectivity index (χ1n) is 6.89. The van der Waals surface area contributed by atoms with Gasteiger partial charge in [0.25, 0.3) is 0 Å². The van der Waals surface area contributed by atoms with Gasteiger partial charge in [0, 0.05) is 5.38 Å². The highest BCUT2D eigenvalue weighted by Crippen LogP contribution is 2.18. The molecule has 0 fully saturated rings. The second kappa shape index (κ2) is 6.77. The topological polar surface area (TPSA) is 0 Å². The molecular weight excluding hydrogens is 252 g/mol. The van der Waals surface area contributed by atoms with Gasteiger partial charge in [-0.3, -0.25) is 0 Å². The second-order valence-corrected chi connectivity index (χ2v) is 5.87. The van der Waals surface area contributed by atoms with E-state index in [0.29, 0.717) is 0 Å². The lowest BCUT2D eigenvalue weighted by Gasteiger charge is -2.12. The fourth-order valence-electron chi connectivity index (χ4n) is 2.33. The summed E-state index contributed by atoms with van der Waals surface area (Å²) in [5.41, 5.74) is 5.41. The van der Waals surface area contributed by atoms with Gasteiger partial charge >= 0.3 is 0 Å². The Morgan fingerprint density at radius 2 is 1.74 bits per heavy atom. The van der Waals surface area contributed by atoms with Gasteiger partial charge in [-0.05, 0) is 49.8 Å². The van der Waals surface area contributed by atoms with E-state index in [4.69, 9.17) is 11.6 Å². The Bertz CT molecular complexity index is 516. The van der Waals surface area contributed by atoms with Crippen LogP contribution in [0.3, 0.4) is 0 Å². The SMILES string of the molecule is Cc1ccc(C)c(CC(Cl)CCc2ccccc2)c1. The minimum absolute atomic E-state index is 0.209. The van der Waals surface area contributed by atoms with E-state index in [2.05, 4.69) is 62.4 Å². The summed E-state index contributed by atoms with van der Waals surface area (Å²) >= 11 is 6.49. The van der Waals surface area contributed by atoms with Crippen LogP contribution in [-0.2, 0) is 12.8 Å². The largest absolute Gasteiger partial charge is 0.123 e. The lowest BCUT2D eigenvalue weighted by atomic mass is 9.98. The number of aryl methyl sites for hydroxylation is 3. The van der Waals surface area contributed by atoms with Gasteiger partial charge < -0.3 is 0 Å².